The molecule has 4 heteroatoms. The number of unbranched alkanes of at least 4 members (excludes halogenated alkanes) is 2. The summed E-state index contributed by atoms with van der Waals surface area (Å²) in [6.07, 6.45) is 2.94. The van der Waals surface area contributed by atoms with Gasteiger partial charge in [-0.3, -0.25) is 0 Å². The fourth-order valence-corrected chi connectivity index (χ4v) is 2.06. The number of nitrogens with zero attached hydrogens (tertiary/aromatic N) is 1. The highest BCUT2D eigenvalue weighted by Crippen LogP contribution is 2.28. The van der Waals surface area contributed by atoms with Gasteiger partial charge >= 0.3 is 0 Å². The summed E-state index contributed by atoms with van der Waals surface area (Å²) in [6.45, 7) is 3.22. The number of hydrogen-bond acceptors (Lipinski definition) is 4. The Bertz CT molecular complexity index is 382. The van der Waals surface area contributed by atoms with Crippen LogP contribution in [0.3, 0.4) is 0 Å². The minimum atomic E-state index is 0.143. The van der Waals surface area contributed by atoms with E-state index in [4.69, 9.17) is 5.11 Å². The molecule has 0 radical (unpaired) electrons. The van der Waals surface area contributed by atoms with Gasteiger partial charge in [0.15, 0.2) is 0 Å². The number of rotatable bonds is 8. The molecule has 0 saturated carbocycles. The van der Waals surface area contributed by atoms with E-state index < -0.39 is 0 Å². The van der Waals surface area contributed by atoms with E-state index in [1.807, 2.05) is 39.2 Å². The van der Waals surface area contributed by atoms with Crippen LogP contribution in [0.4, 0.5) is 5.69 Å². The van der Waals surface area contributed by atoms with Gasteiger partial charge in [-0.2, -0.15) is 0 Å². The van der Waals surface area contributed by atoms with Crippen molar-refractivity contribution in [3.63, 3.8) is 0 Å². The number of phenols is 1. The van der Waals surface area contributed by atoms with Crippen LogP contribution in [0.25, 0.3) is 0 Å². The van der Waals surface area contributed by atoms with Crippen LogP contribution < -0.4 is 10.2 Å². The number of aromatic hydroxyl groups is 1. The Balaban J connectivity index is 2.61. The number of phenolic OH excluding ortho intramolecular Hbond substituents is 1. The third-order valence-corrected chi connectivity index (χ3v) is 3.51. The highest BCUT2D eigenvalue weighted by atomic mass is 16.3. The summed E-state index contributed by atoms with van der Waals surface area (Å²) in [7, 11) is 3.90. The van der Waals surface area contributed by atoms with E-state index in [-0.39, 0.29) is 12.6 Å². The molecule has 108 valence electrons. The van der Waals surface area contributed by atoms with Crippen molar-refractivity contribution in [3.8, 4) is 5.75 Å². The second kappa shape index (κ2) is 8.02. The third-order valence-electron chi connectivity index (χ3n) is 3.51. The zero-order chi connectivity index (χ0) is 14.3. The van der Waals surface area contributed by atoms with Crippen LogP contribution in [0.2, 0.25) is 0 Å². The molecule has 0 spiro atoms. The lowest BCUT2D eigenvalue weighted by Gasteiger charge is -2.21. The molecular weight excluding hydrogens is 240 g/mol. The standard InChI is InChI=1S/C15H26N2O2/c1-12(16-2)14-8-7-13(11-15(14)19)17(3)9-5-4-6-10-18/h7-8,11-12,16,18-19H,4-6,9-10H2,1-3H3. The van der Waals surface area contributed by atoms with Gasteiger partial charge < -0.3 is 20.4 Å². The molecule has 1 atom stereocenters. The van der Waals surface area contributed by atoms with E-state index >= 15 is 0 Å². The molecule has 0 amide bonds. The van der Waals surface area contributed by atoms with E-state index in [1.54, 1.807) is 0 Å². The van der Waals surface area contributed by atoms with Crippen molar-refractivity contribution in [2.24, 2.45) is 0 Å². The average molecular weight is 266 g/mol. The normalized spacial score (nSPS) is 12.4. The molecule has 0 aliphatic rings. The maximum atomic E-state index is 10.1. The van der Waals surface area contributed by atoms with Crippen molar-refractivity contribution in [2.45, 2.75) is 32.2 Å². The van der Waals surface area contributed by atoms with Gasteiger partial charge in [0.2, 0.25) is 0 Å². The first-order valence-corrected chi connectivity index (χ1v) is 6.92. The SMILES string of the molecule is CNC(C)c1ccc(N(C)CCCCCO)cc1O. The second-order valence-corrected chi connectivity index (χ2v) is 4.96. The van der Waals surface area contributed by atoms with Gasteiger partial charge in [-0.1, -0.05) is 6.07 Å². The predicted molar refractivity (Wildman–Crippen MR) is 79.8 cm³/mol. The van der Waals surface area contributed by atoms with Crippen LogP contribution in [0.15, 0.2) is 18.2 Å². The number of benzene rings is 1. The van der Waals surface area contributed by atoms with Crippen molar-refractivity contribution in [1.29, 1.82) is 0 Å². The lowest BCUT2D eigenvalue weighted by atomic mass is 10.1. The van der Waals surface area contributed by atoms with E-state index in [0.717, 1.165) is 37.1 Å². The molecule has 0 fully saturated rings. The predicted octanol–water partition coefficient (Wildman–Crippen LogP) is 2.27. The second-order valence-electron chi connectivity index (χ2n) is 4.96. The number of hydrogen-bond donors (Lipinski definition) is 3. The molecule has 0 bridgehead atoms. The Hall–Kier alpha value is -1.26. The van der Waals surface area contributed by atoms with E-state index in [0.29, 0.717) is 5.75 Å². The Kier molecular flexibility index (Phi) is 6.67. The van der Waals surface area contributed by atoms with Crippen molar-refractivity contribution in [3.05, 3.63) is 23.8 Å². The molecule has 1 aromatic carbocycles. The van der Waals surface area contributed by atoms with Crippen LogP contribution in [-0.4, -0.2) is 37.5 Å². The minimum Gasteiger partial charge on any atom is -0.508 e. The van der Waals surface area contributed by atoms with E-state index in [1.165, 1.54) is 0 Å². The first-order valence-electron chi connectivity index (χ1n) is 6.92. The minimum absolute atomic E-state index is 0.143. The first kappa shape index (κ1) is 15.8. The smallest absolute Gasteiger partial charge is 0.122 e. The molecule has 1 aromatic rings. The lowest BCUT2D eigenvalue weighted by molar-refractivity contribution is 0.283. The van der Waals surface area contributed by atoms with Crippen LogP contribution in [-0.2, 0) is 0 Å². The number of aliphatic hydroxyl groups excluding tert-OH is 1. The van der Waals surface area contributed by atoms with Gasteiger partial charge in [-0.15, -0.1) is 0 Å². The molecule has 0 aromatic heterocycles. The molecule has 19 heavy (non-hydrogen) atoms. The summed E-state index contributed by atoms with van der Waals surface area (Å²) >= 11 is 0. The molecule has 0 aliphatic carbocycles. The maximum absolute atomic E-state index is 10.1. The molecule has 3 N–H and O–H groups in total. The number of anilines is 1. The van der Waals surface area contributed by atoms with Gasteiger partial charge in [-0.25, -0.2) is 0 Å². The summed E-state index contributed by atoms with van der Waals surface area (Å²) in [6, 6.07) is 5.96. The molecule has 0 saturated heterocycles. The van der Waals surface area contributed by atoms with Gasteiger partial charge in [0.25, 0.3) is 0 Å². The quantitative estimate of drug-likeness (QED) is 0.632. The van der Waals surface area contributed by atoms with Crippen LogP contribution in [0.1, 0.15) is 37.8 Å². The summed E-state index contributed by atoms with van der Waals surface area (Å²) < 4.78 is 0. The Morgan fingerprint density at radius 1 is 1.26 bits per heavy atom. The van der Waals surface area contributed by atoms with E-state index in [2.05, 4.69) is 10.2 Å². The summed E-state index contributed by atoms with van der Waals surface area (Å²) in [5.74, 6) is 0.335. The third kappa shape index (κ3) is 4.73. The molecule has 0 heterocycles. The zero-order valence-corrected chi connectivity index (χ0v) is 12.2. The average Bonchev–Trinajstić information content (AvgIpc) is 2.42. The van der Waals surface area contributed by atoms with Crippen LogP contribution in [0, 0.1) is 0 Å². The van der Waals surface area contributed by atoms with Crippen molar-refractivity contribution in [2.75, 3.05) is 32.1 Å². The van der Waals surface area contributed by atoms with Crippen LogP contribution in [0.5, 0.6) is 5.75 Å². The maximum Gasteiger partial charge on any atom is 0.122 e. The number of nitrogens with one attached hydrogen (secondary N) is 1. The van der Waals surface area contributed by atoms with Gasteiger partial charge in [0.1, 0.15) is 5.75 Å². The summed E-state index contributed by atoms with van der Waals surface area (Å²) in [4.78, 5) is 2.13. The van der Waals surface area contributed by atoms with Crippen molar-refractivity contribution in [1.82, 2.24) is 5.32 Å². The van der Waals surface area contributed by atoms with Crippen LogP contribution >= 0.6 is 0 Å². The molecule has 0 aliphatic heterocycles. The monoisotopic (exact) mass is 266 g/mol. The fraction of sp³-hybridized carbons (Fsp3) is 0.600. The summed E-state index contributed by atoms with van der Waals surface area (Å²) in [5, 5.41) is 21.9. The Labute approximate surface area is 116 Å². The van der Waals surface area contributed by atoms with Crippen molar-refractivity contribution >= 4 is 5.69 Å². The number of aliphatic hydroxyl groups is 1. The molecule has 4 nitrogen and oxygen atoms in total. The highest BCUT2D eigenvalue weighted by molar-refractivity contribution is 5.53. The van der Waals surface area contributed by atoms with Gasteiger partial charge in [0.05, 0.1) is 0 Å². The topological polar surface area (TPSA) is 55.7 Å². The fourth-order valence-electron chi connectivity index (χ4n) is 2.06. The largest absolute Gasteiger partial charge is 0.508 e. The highest BCUT2D eigenvalue weighted by Gasteiger charge is 2.10. The summed E-state index contributed by atoms with van der Waals surface area (Å²) in [5.41, 5.74) is 1.94. The molecule has 1 unspecified atom stereocenters. The Morgan fingerprint density at radius 2 is 2.00 bits per heavy atom. The van der Waals surface area contributed by atoms with Gasteiger partial charge in [0, 0.05) is 43.6 Å². The van der Waals surface area contributed by atoms with Crippen molar-refractivity contribution < 1.29 is 10.2 Å². The lowest BCUT2D eigenvalue weighted by Crippen LogP contribution is -2.19. The zero-order valence-electron chi connectivity index (χ0n) is 12.2. The first-order chi connectivity index (χ1) is 9.10. The van der Waals surface area contributed by atoms with E-state index in [9.17, 15) is 5.11 Å². The van der Waals surface area contributed by atoms with Gasteiger partial charge in [-0.05, 0) is 39.3 Å². The molecule has 1 rings (SSSR count). The Morgan fingerprint density at radius 3 is 2.58 bits per heavy atom. The molecular formula is C15H26N2O2.